The third kappa shape index (κ3) is 4.47. The molecule has 3 aliphatic heterocycles. The molecule has 38 heavy (non-hydrogen) atoms. The number of benzene rings is 2. The summed E-state index contributed by atoms with van der Waals surface area (Å²) in [6.45, 7) is 7.67. The molecule has 0 saturated carbocycles. The van der Waals surface area contributed by atoms with E-state index in [1.165, 1.54) is 23.1 Å². The quantitative estimate of drug-likeness (QED) is 0.485. The van der Waals surface area contributed by atoms with Crippen LogP contribution in [-0.2, 0) is 4.79 Å². The van der Waals surface area contributed by atoms with Gasteiger partial charge in [-0.25, -0.2) is 4.39 Å². The minimum Gasteiger partial charge on any atom is -0.493 e. The van der Waals surface area contributed by atoms with Crippen LogP contribution in [-0.4, -0.2) is 51.6 Å². The van der Waals surface area contributed by atoms with Gasteiger partial charge in [0, 0.05) is 28.7 Å². The molecule has 1 fully saturated rings. The summed E-state index contributed by atoms with van der Waals surface area (Å²) in [6.07, 6.45) is 0.285. The molecule has 0 aliphatic carbocycles. The molecule has 0 bridgehead atoms. The molecule has 2 aromatic rings. The number of carbonyl (C=O) groups excluding carboxylic acids is 2. The van der Waals surface area contributed by atoms with Crippen LogP contribution in [0, 0.1) is 11.2 Å². The second-order valence-electron chi connectivity index (χ2n) is 11.0. The van der Waals surface area contributed by atoms with Gasteiger partial charge in [0.25, 0.3) is 5.91 Å². The number of guanidine groups is 1. The Balaban J connectivity index is 1.44. The number of ether oxygens (including phenoxy) is 2. The average molecular weight is 525 g/mol. The molecule has 0 spiro atoms. The van der Waals surface area contributed by atoms with Crippen LogP contribution in [0.4, 0.5) is 4.39 Å². The summed E-state index contributed by atoms with van der Waals surface area (Å²) < 4.78 is 25.7. The van der Waals surface area contributed by atoms with Crippen molar-refractivity contribution < 1.29 is 28.6 Å². The average Bonchev–Trinajstić information content (AvgIpc) is 2.86. The topological polar surface area (TPSA) is 124 Å². The lowest BCUT2D eigenvalue weighted by atomic mass is 9.86. The van der Waals surface area contributed by atoms with Crippen molar-refractivity contribution in [3.05, 3.63) is 58.9 Å². The van der Waals surface area contributed by atoms with E-state index < -0.39 is 41.1 Å². The molecule has 4 N–H and O–H groups in total. The minimum absolute atomic E-state index is 0.0319. The second kappa shape index (κ2) is 9.27. The van der Waals surface area contributed by atoms with E-state index in [1.54, 1.807) is 32.0 Å². The highest BCUT2D eigenvalue weighted by Gasteiger charge is 2.45. The van der Waals surface area contributed by atoms with Crippen molar-refractivity contribution in [3.63, 3.8) is 0 Å². The van der Waals surface area contributed by atoms with Crippen LogP contribution in [0.5, 0.6) is 11.5 Å². The predicted octanol–water partition coefficient (Wildman–Crippen LogP) is 3.58. The summed E-state index contributed by atoms with van der Waals surface area (Å²) in [7, 11) is 0. The Morgan fingerprint density at radius 2 is 1.95 bits per heavy atom. The van der Waals surface area contributed by atoms with Gasteiger partial charge in [0.1, 0.15) is 29.0 Å². The number of hydrogen-bond donors (Lipinski definition) is 4. The maximum Gasteiger partial charge on any atom is 0.251 e. The smallest absolute Gasteiger partial charge is 0.251 e. The molecule has 4 atom stereocenters. The van der Waals surface area contributed by atoms with E-state index in [0.29, 0.717) is 42.1 Å². The van der Waals surface area contributed by atoms with Crippen LogP contribution >= 0.6 is 0 Å². The fraction of sp³-hybridized carbons (Fsp3) is 0.464. The third-order valence-electron chi connectivity index (χ3n) is 7.84. The molecule has 3 heterocycles. The van der Waals surface area contributed by atoms with E-state index in [1.807, 2.05) is 13.8 Å². The number of amides is 2. The number of aliphatic hydroxyl groups is 1. The standard InChI is InChI=1S/C28H33FN4O5/c1-5-28(4)14-22(34)33(26(30)32-28)19-10-11-37-20-8-6-15(12-17(19)20)25(36)31-23-18-13-16(29)7-9-21(18)38-27(2,3)24(23)35/h6-9,12-13,19,23-24,35H,5,10-11,14H2,1-4H3,(H2,30,32)(H,31,36)/t19-,23-,24+,28-/m1/s1. The lowest BCUT2D eigenvalue weighted by molar-refractivity contribution is -0.132. The predicted molar refractivity (Wildman–Crippen MR) is 138 cm³/mol. The molecular weight excluding hydrogens is 491 g/mol. The highest BCUT2D eigenvalue weighted by molar-refractivity contribution is 6.00. The Bertz CT molecular complexity index is 1290. The van der Waals surface area contributed by atoms with Gasteiger partial charge in [0.05, 0.1) is 25.1 Å². The van der Waals surface area contributed by atoms with Crippen LogP contribution in [0.1, 0.15) is 80.5 Å². The molecule has 5 rings (SSSR count). The summed E-state index contributed by atoms with van der Waals surface area (Å²) in [6, 6.07) is 7.57. The number of carbonyl (C=O) groups is 2. The lowest BCUT2D eigenvalue weighted by Gasteiger charge is -2.44. The van der Waals surface area contributed by atoms with Crippen molar-refractivity contribution >= 4 is 17.8 Å². The first kappa shape index (κ1) is 26.0. The zero-order valence-corrected chi connectivity index (χ0v) is 21.9. The fourth-order valence-corrected chi connectivity index (χ4v) is 5.41. The zero-order chi connectivity index (χ0) is 27.4. The van der Waals surface area contributed by atoms with Gasteiger partial charge in [-0.1, -0.05) is 6.92 Å². The van der Waals surface area contributed by atoms with Crippen LogP contribution < -0.4 is 20.1 Å². The van der Waals surface area contributed by atoms with E-state index >= 15 is 0 Å². The third-order valence-corrected chi connectivity index (χ3v) is 7.84. The van der Waals surface area contributed by atoms with E-state index in [9.17, 15) is 19.1 Å². The normalized spacial score (nSPS) is 27.8. The van der Waals surface area contributed by atoms with Crippen LogP contribution in [0.25, 0.3) is 0 Å². The lowest BCUT2D eigenvalue weighted by Crippen LogP contribution is -2.61. The van der Waals surface area contributed by atoms with Gasteiger partial charge in [-0.3, -0.25) is 19.9 Å². The Kier molecular flexibility index (Phi) is 6.33. The SMILES string of the molecule is CC[C@]1(C)CC(=O)N([C@@H]2CCOc3ccc(C(=O)N[C@@H]4c5cc(F)ccc5OC(C)(C)[C@H]4O)cc32)C(=N)N1. The first-order chi connectivity index (χ1) is 17.9. The molecule has 10 heteroatoms. The summed E-state index contributed by atoms with van der Waals surface area (Å²) in [5.74, 6) is -0.178. The van der Waals surface area contributed by atoms with Crippen molar-refractivity contribution in [2.75, 3.05) is 6.61 Å². The fourth-order valence-electron chi connectivity index (χ4n) is 5.41. The first-order valence-corrected chi connectivity index (χ1v) is 12.9. The van der Waals surface area contributed by atoms with Gasteiger partial charge in [-0.15, -0.1) is 0 Å². The zero-order valence-electron chi connectivity index (χ0n) is 21.9. The van der Waals surface area contributed by atoms with Crippen molar-refractivity contribution in [2.24, 2.45) is 0 Å². The molecule has 2 aromatic carbocycles. The Morgan fingerprint density at radius 3 is 2.66 bits per heavy atom. The Labute approximate surface area is 220 Å². The highest BCUT2D eigenvalue weighted by atomic mass is 19.1. The van der Waals surface area contributed by atoms with Crippen LogP contribution in [0.2, 0.25) is 0 Å². The Hall–Kier alpha value is -3.66. The number of nitrogens with zero attached hydrogens (tertiary/aromatic N) is 1. The maximum absolute atomic E-state index is 14.1. The molecule has 0 radical (unpaired) electrons. The molecule has 2 amide bonds. The van der Waals surface area contributed by atoms with Crippen molar-refractivity contribution in [3.8, 4) is 11.5 Å². The van der Waals surface area contributed by atoms with Gasteiger partial charge in [-0.2, -0.15) is 0 Å². The summed E-state index contributed by atoms with van der Waals surface area (Å²) in [5.41, 5.74) is -0.234. The molecule has 9 nitrogen and oxygen atoms in total. The summed E-state index contributed by atoms with van der Waals surface area (Å²) in [4.78, 5) is 28.1. The van der Waals surface area contributed by atoms with Gasteiger partial charge >= 0.3 is 0 Å². The van der Waals surface area contributed by atoms with E-state index in [-0.39, 0.29) is 23.9 Å². The first-order valence-electron chi connectivity index (χ1n) is 12.9. The van der Waals surface area contributed by atoms with Gasteiger partial charge in [0.15, 0.2) is 5.96 Å². The molecule has 0 unspecified atom stereocenters. The largest absolute Gasteiger partial charge is 0.493 e. The second-order valence-corrected chi connectivity index (χ2v) is 11.0. The van der Waals surface area contributed by atoms with Crippen molar-refractivity contribution in [2.45, 2.75) is 76.3 Å². The van der Waals surface area contributed by atoms with Crippen LogP contribution in [0.3, 0.4) is 0 Å². The van der Waals surface area contributed by atoms with Gasteiger partial charge < -0.3 is 25.2 Å². The molecule has 3 aliphatic rings. The molecular formula is C28H33FN4O5. The number of rotatable bonds is 4. The van der Waals surface area contributed by atoms with Crippen molar-refractivity contribution in [1.29, 1.82) is 5.41 Å². The summed E-state index contributed by atoms with van der Waals surface area (Å²) >= 11 is 0. The monoisotopic (exact) mass is 524 g/mol. The van der Waals surface area contributed by atoms with Crippen molar-refractivity contribution in [1.82, 2.24) is 15.5 Å². The highest BCUT2D eigenvalue weighted by Crippen LogP contribution is 2.41. The number of halogens is 1. The summed E-state index contributed by atoms with van der Waals surface area (Å²) in [5, 5.41) is 25.6. The minimum atomic E-state index is -1.14. The van der Waals surface area contributed by atoms with Gasteiger partial charge in [-0.05, 0) is 63.6 Å². The van der Waals surface area contributed by atoms with E-state index in [0.717, 1.165) is 0 Å². The number of hydrogen-bond acceptors (Lipinski definition) is 6. The number of nitrogens with one attached hydrogen (secondary N) is 3. The maximum atomic E-state index is 14.1. The van der Waals surface area contributed by atoms with Gasteiger partial charge in [0.2, 0.25) is 5.91 Å². The molecule has 0 aromatic heterocycles. The molecule has 1 saturated heterocycles. The van der Waals surface area contributed by atoms with E-state index in [2.05, 4.69) is 10.6 Å². The molecule has 202 valence electrons. The number of aliphatic hydroxyl groups excluding tert-OH is 1. The van der Waals surface area contributed by atoms with Crippen LogP contribution in [0.15, 0.2) is 36.4 Å². The number of fused-ring (bicyclic) bond motifs is 2. The Morgan fingerprint density at radius 1 is 1.21 bits per heavy atom. The van der Waals surface area contributed by atoms with E-state index in [4.69, 9.17) is 14.9 Å².